The molecule has 3 heteroatoms. The molecule has 0 aromatic heterocycles. The number of nitrogens with one attached hydrogen (secondary N) is 1. The van der Waals surface area contributed by atoms with E-state index in [-0.39, 0.29) is 0 Å². The van der Waals surface area contributed by atoms with Crippen LogP contribution in [-0.4, -0.2) is 50.1 Å². The summed E-state index contributed by atoms with van der Waals surface area (Å²) in [6.07, 6.45) is 2.68. The van der Waals surface area contributed by atoms with Crippen LogP contribution in [0, 0.1) is 0 Å². The van der Waals surface area contributed by atoms with E-state index in [0.29, 0.717) is 0 Å². The Kier molecular flexibility index (Phi) is 10.6. The molecule has 0 aromatic rings. The van der Waals surface area contributed by atoms with Crippen molar-refractivity contribution in [2.24, 2.45) is 0 Å². The Morgan fingerprint density at radius 1 is 1.15 bits per heavy atom. The van der Waals surface area contributed by atoms with Gasteiger partial charge in [0.05, 0.1) is 0 Å². The summed E-state index contributed by atoms with van der Waals surface area (Å²) in [6, 6.07) is 0. The van der Waals surface area contributed by atoms with Crippen LogP contribution in [0.2, 0.25) is 0 Å². The van der Waals surface area contributed by atoms with Gasteiger partial charge in [-0.2, -0.15) is 11.8 Å². The first-order valence-corrected chi connectivity index (χ1v) is 6.36. The number of hydrogen-bond acceptors (Lipinski definition) is 3. The molecule has 0 saturated carbocycles. The van der Waals surface area contributed by atoms with Crippen molar-refractivity contribution in [3.63, 3.8) is 0 Å². The topological polar surface area (TPSA) is 15.3 Å². The van der Waals surface area contributed by atoms with Crippen LogP contribution in [0.1, 0.15) is 19.8 Å². The highest BCUT2D eigenvalue weighted by Crippen LogP contribution is 2.02. The quantitative estimate of drug-likeness (QED) is 0.575. The molecule has 0 fully saturated rings. The van der Waals surface area contributed by atoms with Crippen molar-refractivity contribution in [3.05, 3.63) is 0 Å². The lowest BCUT2D eigenvalue weighted by Crippen LogP contribution is -2.28. The molecule has 2 nitrogen and oxygen atoms in total. The molecule has 0 spiro atoms. The lowest BCUT2D eigenvalue weighted by atomic mass is 10.4. The van der Waals surface area contributed by atoms with Crippen LogP contribution in [0.5, 0.6) is 0 Å². The van der Waals surface area contributed by atoms with Crippen LogP contribution in [0.25, 0.3) is 0 Å². The average molecular weight is 204 g/mol. The number of rotatable bonds is 9. The van der Waals surface area contributed by atoms with E-state index in [0.717, 1.165) is 19.6 Å². The van der Waals surface area contributed by atoms with Crippen LogP contribution in [0.3, 0.4) is 0 Å². The maximum atomic E-state index is 3.43. The van der Waals surface area contributed by atoms with Crippen molar-refractivity contribution in [3.8, 4) is 0 Å². The largest absolute Gasteiger partial charge is 0.315 e. The van der Waals surface area contributed by atoms with Crippen molar-refractivity contribution in [2.45, 2.75) is 19.8 Å². The first kappa shape index (κ1) is 13.3. The number of likely N-dealkylation sites (N-methyl/N-ethyl adjacent to an activating group) is 1. The number of thioether (sulfide) groups is 1. The minimum Gasteiger partial charge on any atom is -0.315 e. The highest BCUT2D eigenvalue weighted by molar-refractivity contribution is 7.99. The molecule has 13 heavy (non-hydrogen) atoms. The van der Waals surface area contributed by atoms with E-state index in [1.165, 1.54) is 24.3 Å². The summed E-state index contributed by atoms with van der Waals surface area (Å²) in [5.41, 5.74) is 0. The molecule has 80 valence electrons. The molecular formula is C10H24N2S. The van der Waals surface area contributed by atoms with Crippen molar-refractivity contribution in [1.29, 1.82) is 0 Å². The maximum absolute atomic E-state index is 3.43. The van der Waals surface area contributed by atoms with Gasteiger partial charge < -0.3 is 10.2 Å². The van der Waals surface area contributed by atoms with E-state index < -0.39 is 0 Å². The summed E-state index contributed by atoms with van der Waals surface area (Å²) in [7, 11) is 4.22. The van der Waals surface area contributed by atoms with E-state index in [2.05, 4.69) is 43.0 Å². The first-order valence-electron chi connectivity index (χ1n) is 5.20. The second kappa shape index (κ2) is 10.4. The molecule has 0 aliphatic rings. The van der Waals surface area contributed by atoms with Gasteiger partial charge in [-0.3, -0.25) is 0 Å². The van der Waals surface area contributed by atoms with Gasteiger partial charge in [0, 0.05) is 25.4 Å². The molecule has 0 radical (unpaired) electrons. The Bertz CT molecular complexity index is 96.9. The number of nitrogens with zero attached hydrogens (tertiary/aromatic N) is 1. The van der Waals surface area contributed by atoms with Gasteiger partial charge in [0.25, 0.3) is 0 Å². The Morgan fingerprint density at radius 3 is 2.54 bits per heavy atom. The zero-order valence-corrected chi connectivity index (χ0v) is 10.1. The highest BCUT2D eigenvalue weighted by Gasteiger charge is 1.90. The Labute approximate surface area is 87.5 Å². The van der Waals surface area contributed by atoms with Crippen LogP contribution in [0.4, 0.5) is 0 Å². The Hall–Kier alpha value is 0.270. The van der Waals surface area contributed by atoms with Crippen molar-refractivity contribution in [2.75, 3.05) is 45.2 Å². The van der Waals surface area contributed by atoms with Crippen LogP contribution < -0.4 is 5.32 Å². The lowest BCUT2D eigenvalue weighted by Gasteiger charge is -2.09. The standard InChI is InChI=1S/C10H24N2S/c1-4-5-9-13-10-7-11-6-8-12(2)3/h11H,4-10H2,1-3H3. The molecular weight excluding hydrogens is 180 g/mol. The van der Waals surface area contributed by atoms with Gasteiger partial charge in [-0.25, -0.2) is 0 Å². The van der Waals surface area contributed by atoms with E-state index in [4.69, 9.17) is 0 Å². The summed E-state index contributed by atoms with van der Waals surface area (Å²) in [6.45, 7) is 5.65. The molecule has 0 heterocycles. The molecule has 0 aliphatic heterocycles. The van der Waals surface area contributed by atoms with Gasteiger partial charge in [-0.15, -0.1) is 0 Å². The van der Waals surface area contributed by atoms with E-state index in [9.17, 15) is 0 Å². The molecule has 0 bridgehead atoms. The third kappa shape index (κ3) is 12.3. The fourth-order valence-corrected chi connectivity index (χ4v) is 1.91. The zero-order valence-electron chi connectivity index (χ0n) is 9.31. The normalized spacial score (nSPS) is 11.1. The molecule has 0 amide bonds. The molecule has 0 atom stereocenters. The molecule has 0 saturated heterocycles. The monoisotopic (exact) mass is 204 g/mol. The van der Waals surface area contributed by atoms with E-state index >= 15 is 0 Å². The lowest BCUT2D eigenvalue weighted by molar-refractivity contribution is 0.403. The van der Waals surface area contributed by atoms with Gasteiger partial charge in [0.2, 0.25) is 0 Å². The average Bonchev–Trinajstić information content (AvgIpc) is 2.09. The third-order valence-corrected chi connectivity index (χ3v) is 2.87. The summed E-state index contributed by atoms with van der Waals surface area (Å²) in [4.78, 5) is 2.21. The van der Waals surface area contributed by atoms with Crippen LogP contribution in [0.15, 0.2) is 0 Å². The summed E-state index contributed by atoms with van der Waals surface area (Å²) in [5, 5.41) is 3.43. The van der Waals surface area contributed by atoms with Gasteiger partial charge in [0.1, 0.15) is 0 Å². The second-order valence-corrected chi connectivity index (χ2v) is 4.74. The molecule has 0 rings (SSSR count). The molecule has 0 aliphatic carbocycles. The van der Waals surface area contributed by atoms with E-state index in [1.807, 2.05) is 0 Å². The highest BCUT2D eigenvalue weighted by atomic mass is 32.2. The van der Waals surface area contributed by atoms with Crippen LogP contribution >= 0.6 is 11.8 Å². The summed E-state index contributed by atoms with van der Waals surface area (Å²) >= 11 is 2.06. The van der Waals surface area contributed by atoms with Crippen molar-refractivity contribution < 1.29 is 0 Å². The smallest absolute Gasteiger partial charge is 0.0101 e. The first-order chi connectivity index (χ1) is 6.27. The Balaban J connectivity index is 2.84. The fraction of sp³-hybridized carbons (Fsp3) is 1.00. The third-order valence-electron chi connectivity index (χ3n) is 1.80. The summed E-state index contributed by atoms with van der Waals surface area (Å²) in [5.74, 6) is 2.58. The fourth-order valence-electron chi connectivity index (χ4n) is 0.920. The minimum atomic E-state index is 1.11. The second-order valence-electron chi connectivity index (χ2n) is 3.52. The minimum absolute atomic E-state index is 1.11. The van der Waals surface area contributed by atoms with Gasteiger partial charge in [-0.1, -0.05) is 13.3 Å². The number of unbranched alkanes of at least 4 members (excludes halogenated alkanes) is 1. The predicted octanol–water partition coefficient (Wildman–Crippen LogP) is 1.67. The molecule has 0 aromatic carbocycles. The molecule has 1 N–H and O–H groups in total. The number of hydrogen-bond donors (Lipinski definition) is 1. The van der Waals surface area contributed by atoms with Gasteiger partial charge in [0.15, 0.2) is 0 Å². The van der Waals surface area contributed by atoms with Crippen molar-refractivity contribution in [1.82, 2.24) is 10.2 Å². The SMILES string of the molecule is CCCCSCCNCCN(C)C. The van der Waals surface area contributed by atoms with E-state index in [1.54, 1.807) is 0 Å². The van der Waals surface area contributed by atoms with Crippen LogP contribution in [-0.2, 0) is 0 Å². The van der Waals surface area contributed by atoms with Crippen molar-refractivity contribution >= 4 is 11.8 Å². The van der Waals surface area contributed by atoms with Gasteiger partial charge in [-0.05, 0) is 26.3 Å². The Morgan fingerprint density at radius 2 is 1.92 bits per heavy atom. The zero-order chi connectivity index (χ0) is 9.94. The molecule has 0 unspecified atom stereocenters. The van der Waals surface area contributed by atoms with Gasteiger partial charge >= 0.3 is 0 Å². The summed E-state index contributed by atoms with van der Waals surface area (Å²) < 4.78 is 0. The predicted molar refractivity (Wildman–Crippen MR) is 63.7 cm³/mol. The maximum Gasteiger partial charge on any atom is 0.0101 e.